The van der Waals surface area contributed by atoms with Gasteiger partial charge >= 0.3 is 0 Å². The molecule has 3 spiro atoms. The van der Waals surface area contributed by atoms with Crippen LogP contribution in [0.4, 0.5) is 0 Å². The molecule has 0 aromatic carbocycles. The van der Waals surface area contributed by atoms with Crippen molar-refractivity contribution in [3.63, 3.8) is 0 Å². The van der Waals surface area contributed by atoms with Gasteiger partial charge < -0.3 is 25.4 Å². The monoisotopic (exact) mass is 1280 g/mol. The minimum atomic E-state index is 0.158. The van der Waals surface area contributed by atoms with E-state index in [9.17, 15) is 0 Å². The number of nitrogens with one attached hydrogen (secondary N) is 3. The Morgan fingerprint density at radius 2 is 0.925 bits per heavy atom. The summed E-state index contributed by atoms with van der Waals surface area (Å²) in [4.78, 5) is 0. The SMILES string of the molecule is CC.CC.CC.CC1CCC2(C)C(=CCC3C4CCC(CC5CCCCN5)C(C)C4C(C)C32)C1.CC1CCC2(C)C(=CCC3C4CCC5(CC6(CCCCN6)CO5)C(C)C4C(C)C32)C1.CC1CCC2(C)C(=CCC3C4CCC5(CC6NCCCC6O5)C(C)C4C(C)C32)C1. The smallest absolute Gasteiger partial charge is 0.0737 e. The van der Waals surface area contributed by atoms with Gasteiger partial charge in [-0.25, -0.2) is 0 Å². The molecule has 12 aliphatic carbocycles. The molecule has 31 unspecified atom stereocenters. The van der Waals surface area contributed by atoms with Crippen molar-refractivity contribution >= 4 is 0 Å². The van der Waals surface area contributed by atoms with Crippen molar-refractivity contribution in [2.45, 2.75) is 346 Å². The van der Waals surface area contributed by atoms with Crippen molar-refractivity contribution in [3.8, 4) is 0 Å². The van der Waals surface area contributed by atoms with Crippen LogP contribution in [0, 0.1) is 146 Å². The van der Waals surface area contributed by atoms with Gasteiger partial charge in [-0.3, -0.25) is 0 Å². The van der Waals surface area contributed by atoms with Crippen molar-refractivity contribution in [1.82, 2.24) is 16.0 Å². The van der Waals surface area contributed by atoms with E-state index >= 15 is 0 Å². The summed E-state index contributed by atoms with van der Waals surface area (Å²) in [6.07, 6.45) is 49.2. The molecular weight excluding hydrogens is 1130 g/mol. The second-order valence-corrected chi connectivity index (χ2v) is 37.6. The van der Waals surface area contributed by atoms with Gasteiger partial charge in [0.25, 0.3) is 0 Å². The van der Waals surface area contributed by atoms with Gasteiger partial charge in [-0.1, -0.05) is 172 Å². The maximum Gasteiger partial charge on any atom is 0.0737 e. The van der Waals surface area contributed by atoms with Gasteiger partial charge in [0.05, 0.1) is 23.9 Å². The summed E-state index contributed by atoms with van der Waals surface area (Å²) in [7, 11) is 0. The maximum atomic E-state index is 6.99. The molecule has 530 valence electrons. The average Bonchev–Trinajstić information content (AvgIpc) is 1.57. The van der Waals surface area contributed by atoms with Gasteiger partial charge in [-0.15, -0.1) is 0 Å². The largest absolute Gasteiger partial charge is 0.373 e. The van der Waals surface area contributed by atoms with Gasteiger partial charge in [0.1, 0.15) is 0 Å². The molecule has 93 heavy (non-hydrogen) atoms. The van der Waals surface area contributed by atoms with E-state index < -0.39 is 0 Å². The number of ether oxygens (including phenoxy) is 2. The van der Waals surface area contributed by atoms with Crippen LogP contribution in [-0.4, -0.2) is 61.2 Å². The highest BCUT2D eigenvalue weighted by Crippen LogP contribution is 2.72. The molecule has 17 aliphatic rings. The summed E-state index contributed by atoms with van der Waals surface area (Å²) in [5.41, 5.74) is 7.70. The van der Waals surface area contributed by atoms with Gasteiger partial charge in [-0.05, 0) is 339 Å². The van der Waals surface area contributed by atoms with Crippen LogP contribution in [0.2, 0.25) is 0 Å². The summed E-state index contributed by atoms with van der Waals surface area (Å²) in [5.74, 6) is 20.1. The molecule has 14 fully saturated rings. The van der Waals surface area contributed by atoms with Gasteiger partial charge in [-0.2, -0.15) is 0 Å². The lowest BCUT2D eigenvalue weighted by Gasteiger charge is -2.50. The zero-order valence-electron chi connectivity index (χ0n) is 64.3. The van der Waals surface area contributed by atoms with Crippen molar-refractivity contribution < 1.29 is 9.47 Å². The highest BCUT2D eigenvalue weighted by atomic mass is 16.5. The standard InChI is InChI=1S/C28H45NO.C27H43NO.C27H45N.3C2H6/c1-18-9-12-26(4)21(15-18)7-8-23-22-10-13-28(20(3)24(22)19(2)25(23)26)16-27(17-30-28)11-5-6-14-29-27;1-16-9-11-26(4)19(14-16)7-8-21-20-10-12-27(18(3)24(20)17(2)25(21)26)15-22-23(29-27)6-5-13-28-22;1-17-12-13-27(4)21(15-17)9-11-24-23-10-8-20(16-22-7-5-6-14-28-22)18(2)25(23)19(3)26(24)27;3*1-2/h7,18-20,22-25,29H,5-6,8-17H2,1-4H3;7,16-18,20-25,28H,5-6,8-15H2,1-4H3;9,17-20,22-26,28H,5-8,10-16H2,1-4H3;3*1-2H3. The van der Waals surface area contributed by atoms with E-state index in [0.717, 1.165) is 143 Å². The Labute approximate surface area is 575 Å². The van der Waals surface area contributed by atoms with Crippen LogP contribution in [0.15, 0.2) is 34.9 Å². The summed E-state index contributed by atoms with van der Waals surface area (Å²) >= 11 is 0. The zero-order chi connectivity index (χ0) is 66.2. The predicted molar refractivity (Wildman–Crippen MR) is 395 cm³/mol. The number of hydrogen-bond donors (Lipinski definition) is 3. The van der Waals surface area contributed by atoms with E-state index in [0.29, 0.717) is 33.9 Å². The van der Waals surface area contributed by atoms with Crippen LogP contribution >= 0.6 is 0 Å². The van der Waals surface area contributed by atoms with Crippen molar-refractivity contribution in [2.75, 3.05) is 26.2 Å². The molecule has 17 rings (SSSR count). The van der Waals surface area contributed by atoms with Crippen molar-refractivity contribution in [1.29, 1.82) is 0 Å². The quantitative estimate of drug-likeness (QED) is 0.241. The third-order valence-electron chi connectivity index (χ3n) is 33.7. The summed E-state index contributed by atoms with van der Waals surface area (Å²) in [6.45, 7) is 48.0. The van der Waals surface area contributed by atoms with Gasteiger partial charge in [0.2, 0.25) is 0 Å². The fraction of sp³-hybridized carbons (Fsp3) is 0.932. The lowest BCUT2D eigenvalue weighted by molar-refractivity contribution is -0.131. The van der Waals surface area contributed by atoms with E-state index in [1.54, 1.807) is 0 Å². The molecule has 0 aromatic heterocycles. The molecule has 5 nitrogen and oxygen atoms in total. The Bertz CT molecular complexity index is 2560. The van der Waals surface area contributed by atoms with Crippen LogP contribution in [0.25, 0.3) is 0 Å². The fourth-order valence-corrected chi connectivity index (χ4v) is 29.7. The Kier molecular flexibility index (Phi) is 22.2. The van der Waals surface area contributed by atoms with Gasteiger partial charge in [0, 0.05) is 17.6 Å². The Balaban J connectivity index is 0.000000129. The normalized spacial score (nSPS) is 53.4. The van der Waals surface area contributed by atoms with E-state index in [-0.39, 0.29) is 11.2 Å². The first-order chi connectivity index (χ1) is 44.8. The van der Waals surface area contributed by atoms with Crippen LogP contribution in [0.1, 0.15) is 311 Å². The molecule has 0 bridgehead atoms. The molecule has 9 saturated carbocycles. The molecule has 0 amide bonds. The first-order valence-corrected chi connectivity index (χ1v) is 42.4. The average molecular weight is 1280 g/mol. The molecular formula is C88H151N3O2. The van der Waals surface area contributed by atoms with Crippen LogP contribution in [-0.2, 0) is 9.47 Å². The summed E-state index contributed by atoms with van der Waals surface area (Å²) in [5, 5.41) is 11.6. The second-order valence-electron chi connectivity index (χ2n) is 37.6. The fourth-order valence-electron chi connectivity index (χ4n) is 29.7. The van der Waals surface area contributed by atoms with E-state index in [2.05, 4.69) is 117 Å². The first kappa shape index (κ1) is 71.8. The topological polar surface area (TPSA) is 54.5 Å². The lowest BCUT2D eigenvalue weighted by atomic mass is 9.54. The van der Waals surface area contributed by atoms with Crippen LogP contribution in [0.3, 0.4) is 0 Å². The first-order valence-electron chi connectivity index (χ1n) is 42.4. The molecule has 5 aliphatic heterocycles. The molecule has 31 atom stereocenters. The number of allylic oxidation sites excluding steroid dienone is 6. The van der Waals surface area contributed by atoms with Crippen molar-refractivity contribution in [3.05, 3.63) is 34.9 Å². The van der Waals surface area contributed by atoms with Crippen LogP contribution in [0.5, 0.6) is 0 Å². The highest BCUT2D eigenvalue weighted by Gasteiger charge is 2.67. The minimum absolute atomic E-state index is 0.158. The number of piperidine rings is 3. The van der Waals surface area contributed by atoms with Crippen molar-refractivity contribution in [2.24, 2.45) is 146 Å². The summed E-state index contributed by atoms with van der Waals surface area (Å²) in [6, 6.07) is 1.45. The molecule has 0 radical (unpaired) electrons. The van der Waals surface area contributed by atoms with Crippen LogP contribution < -0.4 is 16.0 Å². The third-order valence-corrected chi connectivity index (χ3v) is 33.7. The molecule has 5 saturated heterocycles. The Hall–Kier alpha value is -0.980. The number of rotatable bonds is 2. The molecule has 0 aromatic rings. The maximum absolute atomic E-state index is 6.99. The lowest BCUT2D eigenvalue weighted by Crippen LogP contribution is -2.52. The molecule has 3 N–H and O–H groups in total. The number of hydrogen-bond acceptors (Lipinski definition) is 5. The predicted octanol–water partition coefficient (Wildman–Crippen LogP) is 22.2. The highest BCUT2D eigenvalue weighted by molar-refractivity contribution is 5.30. The van der Waals surface area contributed by atoms with E-state index in [1.165, 1.54) is 206 Å². The van der Waals surface area contributed by atoms with Gasteiger partial charge in [0.15, 0.2) is 0 Å². The Morgan fingerprint density at radius 3 is 1.42 bits per heavy atom. The molecule has 5 heterocycles. The second kappa shape index (κ2) is 28.8. The Morgan fingerprint density at radius 1 is 0.441 bits per heavy atom. The number of fused-ring (bicyclic) bond motifs is 16. The molecule has 5 heteroatoms. The zero-order valence-corrected chi connectivity index (χ0v) is 64.3. The van der Waals surface area contributed by atoms with E-state index in [1.807, 2.05) is 58.3 Å². The third kappa shape index (κ3) is 12.4. The van der Waals surface area contributed by atoms with E-state index in [4.69, 9.17) is 9.47 Å². The minimum Gasteiger partial charge on any atom is -0.373 e. The summed E-state index contributed by atoms with van der Waals surface area (Å²) < 4.78 is 13.9.